The van der Waals surface area contributed by atoms with Crippen LogP contribution in [0.4, 0.5) is 0 Å². The molecule has 24 heavy (non-hydrogen) atoms. The molecule has 0 bridgehead atoms. The molecular weight excluding hydrogens is 300 g/mol. The highest BCUT2D eigenvalue weighted by atomic mass is 16.5. The number of carbonyl (C=O) groups is 1. The summed E-state index contributed by atoms with van der Waals surface area (Å²) >= 11 is 0. The topological polar surface area (TPSA) is 41.6 Å². The summed E-state index contributed by atoms with van der Waals surface area (Å²) in [5, 5.41) is 3.31. The Hall–Kier alpha value is -1.55. The van der Waals surface area contributed by atoms with Crippen LogP contribution in [0.2, 0.25) is 0 Å². The van der Waals surface area contributed by atoms with Crippen LogP contribution in [0.1, 0.15) is 46.1 Å². The summed E-state index contributed by atoms with van der Waals surface area (Å²) in [6.07, 6.45) is 2.06. The van der Waals surface area contributed by atoms with Crippen LogP contribution in [0.3, 0.4) is 0 Å². The summed E-state index contributed by atoms with van der Waals surface area (Å²) < 4.78 is 5.73. The average Bonchev–Trinajstić information content (AvgIpc) is 2.59. The standard InChI is InChI=1S/C20H32N2O2/c1-15(2)14-24-18-8-6-16(7-9-18)20(3,4)19(23)22-12-10-17(21-5)11-13-22/h6-9,15,17,21H,10-14H2,1-5H3. The number of piperidine rings is 1. The Bertz CT molecular complexity index is 529. The maximum absolute atomic E-state index is 13.0. The van der Waals surface area contributed by atoms with Gasteiger partial charge in [0, 0.05) is 19.1 Å². The third-order valence-corrected chi connectivity index (χ3v) is 4.88. The smallest absolute Gasteiger partial charge is 0.232 e. The van der Waals surface area contributed by atoms with E-state index in [1.54, 1.807) is 0 Å². The molecule has 0 saturated carbocycles. The van der Waals surface area contributed by atoms with Gasteiger partial charge >= 0.3 is 0 Å². The second kappa shape index (κ2) is 8.02. The van der Waals surface area contributed by atoms with Gasteiger partial charge in [0.05, 0.1) is 12.0 Å². The summed E-state index contributed by atoms with van der Waals surface area (Å²) in [7, 11) is 2.00. The zero-order valence-corrected chi connectivity index (χ0v) is 15.8. The first-order valence-corrected chi connectivity index (χ1v) is 9.04. The van der Waals surface area contributed by atoms with Gasteiger partial charge in [-0.05, 0) is 57.4 Å². The van der Waals surface area contributed by atoms with Crippen LogP contribution in [0, 0.1) is 5.92 Å². The highest BCUT2D eigenvalue weighted by Crippen LogP contribution is 2.29. The Labute approximate surface area is 146 Å². The van der Waals surface area contributed by atoms with Crippen molar-refractivity contribution in [1.29, 1.82) is 0 Å². The third kappa shape index (κ3) is 4.50. The molecule has 1 N–H and O–H groups in total. The molecule has 0 atom stereocenters. The van der Waals surface area contributed by atoms with E-state index in [-0.39, 0.29) is 5.91 Å². The number of rotatable bonds is 6. The van der Waals surface area contributed by atoms with E-state index in [1.807, 2.05) is 50.1 Å². The molecule has 1 aromatic rings. The fourth-order valence-corrected chi connectivity index (χ4v) is 3.12. The fraction of sp³-hybridized carbons (Fsp3) is 0.650. The van der Waals surface area contributed by atoms with Gasteiger partial charge in [-0.1, -0.05) is 26.0 Å². The van der Waals surface area contributed by atoms with Crippen molar-refractivity contribution in [3.63, 3.8) is 0 Å². The Morgan fingerprint density at radius 2 is 1.83 bits per heavy atom. The predicted molar refractivity (Wildman–Crippen MR) is 98.5 cm³/mol. The van der Waals surface area contributed by atoms with Gasteiger partial charge in [-0.25, -0.2) is 0 Å². The maximum atomic E-state index is 13.0. The van der Waals surface area contributed by atoms with Crippen molar-refractivity contribution in [1.82, 2.24) is 10.2 Å². The average molecular weight is 332 g/mol. The van der Waals surface area contributed by atoms with Gasteiger partial charge in [-0.3, -0.25) is 4.79 Å². The van der Waals surface area contributed by atoms with Crippen molar-refractivity contribution in [2.24, 2.45) is 5.92 Å². The highest BCUT2D eigenvalue weighted by molar-refractivity contribution is 5.87. The zero-order valence-electron chi connectivity index (χ0n) is 15.8. The minimum atomic E-state index is -0.511. The van der Waals surface area contributed by atoms with E-state index in [0.29, 0.717) is 18.6 Å². The molecule has 1 aromatic carbocycles. The lowest BCUT2D eigenvalue weighted by Crippen LogP contribution is -2.49. The number of carbonyl (C=O) groups excluding carboxylic acids is 1. The van der Waals surface area contributed by atoms with Gasteiger partial charge in [0.25, 0.3) is 0 Å². The van der Waals surface area contributed by atoms with E-state index >= 15 is 0 Å². The lowest BCUT2D eigenvalue weighted by molar-refractivity contribution is -0.137. The first kappa shape index (κ1) is 18.8. The largest absolute Gasteiger partial charge is 0.493 e. The predicted octanol–water partition coefficient (Wildman–Crippen LogP) is 3.21. The molecule has 0 aliphatic carbocycles. The van der Waals surface area contributed by atoms with Crippen LogP contribution < -0.4 is 10.1 Å². The molecule has 4 nitrogen and oxygen atoms in total. The van der Waals surface area contributed by atoms with E-state index in [9.17, 15) is 4.79 Å². The molecule has 1 fully saturated rings. The van der Waals surface area contributed by atoms with Crippen molar-refractivity contribution < 1.29 is 9.53 Å². The number of hydrogen-bond donors (Lipinski definition) is 1. The summed E-state index contributed by atoms with van der Waals surface area (Å²) in [5.41, 5.74) is 0.531. The monoisotopic (exact) mass is 332 g/mol. The van der Waals surface area contributed by atoms with Crippen molar-refractivity contribution in [2.45, 2.75) is 52.0 Å². The summed E-state index contributed by atoms with van der Waals surface area (Å²) in [6.45, 7) is 10.7. The normalized spacial score (nSPS) is 16.5. The first-order valence-electron chi connectivity index (χ1n) is 9.04. The van der Waals surface area contributed by atoms with Crippen LogP contribution in [0.25, 0.3) is 0 Å². The van der Waals surface area contributed by atoms with Gasteiger partial charge in [-0.15, -0.1) is 0 Å². The minimum Gasteiger partial charge on any atom is -0.493 e. The van der Waals surface area contributed by atoms with E-state index in [1.165, 1.54) is 0 Å². The fourth-order valence-electron chi connectivity index (χ4n) is 3.12. The van der Waals surface area contributed by atoms with E-state index in [2.05, 4.69) is 19.2 Å². The lowest BCUT2D eigenvalue weighted by Gasteiger charge is -2.37. The quantitative estimate of drug-likeness (QED) is 0.870. The van der Waals surface area contributed by atoms with E-state index in [4.69, 9.17) is 4.74 Å². The first-order chi connectivity index (χ1) is 11.3. The lowest BCUT2D eigenvalue weighted by atomic mass is 9.82. The molecule has 1 heterocycles. The van der Waals surface area contributed by atoms with Gasteiger partial charge < -0.3 is 15.0 Å². The van der Waals surface area contributed by atoms with Gasteiger partial charge in [0.1, 0.15) is 5.75 Å². The third-order valence-electron chi connectivity index (χ3n) is 4.88. The minimum absolute atomic E-state index is 0.216. The highest BCUT2D eigenvalue weighted by Gasteiger charge is 2.35. The molecule has 1 saturated heterocycles. The number of ether oxygens (including phenoxy) is 1. The molecule has 0 spiro atoms. The summed E-state index contributed by atoms with van der Waals surface area (Å²) in [4.78, 5) is 15.0. The van der Waals surface area contributed by atoms with Gasteiger partial charge in [-0.2, -0.15) is 0 Å². The molecule has 0 aromatic heterocycles. The van der Waals surface area contributed by atoms with Crippen molar-refractivity contribution >= 4 is 5.91 Å². The zero-order chi connectivity index (χ0) is 17.7. The van der Waals surface area contributed by atoms with Crippen molar-refractivity contribution in [2.75, 3.05) is 26.7 Å². The second-order valence-corrected chi connectivity index (χ2v) is 7.71. The molecule has 1 amide bonds. The molecule has 2 rings (SSSR count). The van der Waals surface area contributed by atoms with Crippen LogP contribution >= 0.6 is 0 Å². The molecule has 134 valence electrons. The molecule has 0 radical (unpaired) electrons. The van der Waals surface area contributed by atoms with Gasteiger partial charge in [0.15, 0.2) is 0 Å². The van der Waals surface area contributed by atoms with Gasteiger partial charge in [0.2, 0.25) is 5.91 Å². The second-order valence-electron chi connectivity index (χ2n) is 7.71. The molecule has 1 aliphatic heterocycles. The molecule has 1 aliphatic rings. The Morgan fingerprint density at radius 1 is 1.25 bits per heavy atom. The van der Waals surface area contributed by atoms with Crippen LogP contribution in [0.5, 0.6) is 5.75 Å². The SMILES string of the molecule is CNC1CCN(C(=O)C(C)(C)c2ccc(OCC(C)C)cc2)CC1. The summed E-state index contributed by atoms with van der Waals surface area (Å²) in [6, 6.07) is 8.52. The molecule has 0 unspecified atom stereocenters. The Kier molecular flexibility index (Phi) is 6.27. The van der Waals surface area contributed by atoms with E-state index in [0.717, 1.165) is 37.2 Å². The number of amides is 1. The Balaban J connectivity index is 2.02. The molecular formula is C20H32N2O2. The van der Waals surface area contributed by atoms with Crippen molar-refractivity contribution in [3.8, 4) is 5.75 Å². The number of hydrogen-bond acceptors (Lipinski definition) is 3. The molecule has 4 heteroatoms. The number of benzene rings is 1. The number of nitrogens with one attached hydrogen (secondary N) is 1. The summed E-state index contributed by atoms with van der Waals surface area (Å²) in [5.74, 6) is 1.58. The number of likely N-dealkylation sites (tertiary alicyclic amines) is 1. The van der Waals surface area contributed by atoms with Crippen molar-refractivity contribution in [3.05, 3.63) is 29.8 Å². The van der Waals surface area contributed by atoms with E-state index < -0.39 is 5.41 Å². The van der Waals surface area contributed by atoms with Crippen LogP contribution in [0.15, 0.2) is 24.3 Å². The number of nitrogens with zero attached hydrogens (tertiary/aromatic N) is 1. The maximum Gasteiger partial charge on any atom is 0.232 e. The Morgan fingerprint density at radius 3 is 2.33 bits per heavy atom. The van der Waals surface area contributed by atoms with Crippen LogP contribution in [-0.4, -0.2) is 43.6 Å². The van der Waals surface area contributed by atoms with Crippen LogP contribution in [-0.2, 0) is 10.2 Å².